The molecule has 1 fully saturated rings. The van der Waals surface area contributed by atoms with Crippen LogP contribution in [0.5, 0.6) is 0 Å². The maximum absolute atomic E-state index is 5.73. The minimum Gasteiger partial charge on any atom is -0.466 e. The molecule has 0 spiro atoms. The number of hydrogen-bond donors (Lipinski definition) is 1. The number of hydrogen-bond acceptors (Lipinski definition) is 3. The summed E-state index contributed by atoms with van der Waals surface area (Å²) in [4.78, 5) is 2.67. The molecule has 0 amide bonds. The van der Waals surface area contributed by atoms with Gasteiger partial charge >= 0.3 is 0 Å². The Bertz CT molecular complexity index is 438. The van der Waals surface area contributed by atoms with E-state index in [1.165, 1.54) is 12.0 Å². The van der Waals surface area contributed by atoms with Crippen molar-refractivity contribution in [3.05, 3.63) is 23.2 Å². The normalized spacial score (nSPS) is 26.1. The van der Waals surface area contributed by atoms with Crippen LogP contribution in [0.2, 0.25) is 0 Å². The fraction of sp³-hybridized carbons (Fsp3) is 0.765. The highest BCUT2D eigenvalue weighted by molar-refractivity contribution is 5.24. The van der Waals surface area contributed by atoms with Gasteiger partial charge in [-0.05, 0) is 39.2 Å². The quantitative estimate of drug-likeness (QED) is 0.911. The Morgan fingerprint density at radius 3 is 2.55 bits per heavy atom. The molecule has 0 aromatic carbocycles. The molecule has 3 unspecified atom stereocenters. The molecule has 1 N–H and O–H groups in total. The van der Waals surface area contributed by atoms with Crippen molar-refractivity contribution in [3.8, 4) is 0 Å². The van der Waals surface area contributed by atoms with E-state index in [0.29, 0.717) is 24.0 Å². The van der Waals surface area contributed by atoms with Gasteiger partial charge < -0.3 is 9.73 Å². The molecule has 1 aromatic rings. The molecule has 3 atom stereocenters. The van der Waals surface area contributed by atoms with E-state index < -0.39 is 0 Å². The molecule has 20 heavy (non-hydrogen) atoms. The summed E-state index contributed by atoms with van der Waals surface area (Å²) < 4.78 is 5.73. The summed E-state index contributed by atoms with van der Waals surface area (Å²) in [5.41, 5.74) is 1.35. The van der Waals surface area contributed by atoms with Gasteiger partial charge in [-0.2, -0.15) is 0 Å². The smallest absolute Gasteiger partial charge is 0.105 e. The van der Waals surface area contributed by atoms with E-state index in [1.54, 1.807) is 0 Å². The highest BCUT2D eigenvalue weighted by atomic mass is 16.3. The van der Waals surface area contributed by atoms with Crippen molar-refractivity contribution >= 4 is 0 Å². The van der Waals surface area contributed by atoms with Gasteiger partial charge in [0.25, 0.3) is 0 Å². The van der Waals surface area contributed by atoms with E-state index in [2.05, 4.69) is 50.9 Å². The van der Waals surface area contributed by atoms with E-state index in [4.69, 9.17) is 4.42 Å². The Kier molecular flexibility index (Phi) is 4.92. The van der Waals surface area contributed by atoms with Crippen LogP contribution in [0.4, 0.5) is 0 Å². The van der Waals surface area contributed by atoms with Crippen LogP contribution in [0.3, 0.4) is 0 Å². The lowest BCUT2D eigenvalue weighted by Gasteiger charge is -2.44. The second-order valence-electron chi connectivity index (χ2n) is 6.56. The molecule has 3 nitrogen and oxygen atoms in total. The van der Waals surface area contributed by atoms with Crippen LogP contribution in [0, 0.1) is 19.8 Å². The summed E-state index contributed by atoms with van der Waals surface area (Å²) in [6, 6.07) is 3.85. The highest BCUT2D eigenvalue weighted by Gasteiger charge is 2.32. The molecule has 1 aliphatic heterocycles. The van der Waals surface area contributed by atoms with Gasteiger partial charge in [0.05, 0.1) is 0 Å². The predicted octanol–water partition coefficient (Wildman–Crippen LogP) is 3.67. The van der Waals surface area contributed by atoms with Gasteiger partial charge in [-0.3, -0.25) is 4.90 Å². The lowest BCUT2D eigenvalue weighted by Crippen LogP contribution is -2.58. The molecular formula is C17H30N2O. The topological polar surface area (TPSA) is 28.4 Å². The minimum atomic E-state index is 0.431. The van der Waals surface area contributed by atoms with Crippen molar-refractivity contribution in [1.82, 2.24) is 10.2 Å². The van der Waals surface area contributed by atoms with Crippen molar-refractivity contribution in [3.63, 3.8) is 0 Å². The number of piperazine rings is 1. The molecule has 114 valence electrons. The molecule has 2 rings (SSSR count). The first-order valence-electron chi connectivity index (χ1n) is 8.00. The summed E-state index contributed by atoms with van der Waals surface area (Å²) in [5, 5.41) is 3.71. The number of nitrogens with zero attached hydrogens (tertiary/aromatic N) is 1. The maximum Gasteiger partial charge on any atom is 0.105 e. The van der Waals surface area contributed by atoms with Crippen molar-refractivity contribution in [1.29, 1.82) is 0 Å². The van der Waals surface area contributed by atoms with Gasteiger partial charge in [-0.15, -0.1) is 0 Å². The highest BCUT2D eigenvalue weighted by Crippen LogP contribution is 2.30. The zero-order chi connectivity index (χ0) is 14.9. The van der Waals surface area contributed by atoms with Crippen LogP contribution in [0.1, 0.15) is 57.2 Å². The van der Waals surface area contributed by atoms with Crippen LogP contribution in [0.15, 0.2) is 10.5 Å². The first kappa shape index (κ1) is 15.6. The van der Waals surface area contributed by atoms with Gasteiger partial charge in [0.2, 0.25) is 0 Å². The first-order valence-corrected chi connectivity index (χ1v) is 8.00. The van der Waals surface area contributed by atoms with Gasteiger partial charge in [0.1, 0.15) is 11.5 Å². The van der Waals surface area contributed by atoms with Crippen molar-refractivity contribution < 1.29 is 4.42 Å². The summed E-state index contributed by atoms with van der Waals surface area (Å²) >= 11 is 0. The third kappa shape index (κ3) is 3.09. The van der Waals surface area contributed by atoms with Crippen LogP contribution < -0.4 is 5.32 Å². The summed E-state index contributed by atoms with van der Waals surface area (Å²) in [5.74, 6) is 2.77. The third-order valence-electron chi connectivity index (χ3n) is 4.80. The lowest BCUT2D eigenvalue weighted by atomic mass is 9.95. The van der Waals surface area contributed by atoms with Gasteiger partial charge in [-0.25, -0.2) is 0 Å². The molecule has 3 heteroatoms. The SMILES string of the molecule is CCC1CNC(C(C)C)CN1C(C)c1cc(C)oc1C. The standard InChI is InChI=1S/C17H30N2O/c1-7-15-9-18-17(11(2)3)10-19(15)13(5)16-8-12(4)20-14(16)6/h8,11,13,15,17-18H,7,9-10H2,1-6H3. The zero-order valence-corrected chi connectivity index (χ0v) is 13.9. The molecule has 0 saturated carbocycles. The van der Waals surface area contributed by atoms with Crippen LogP contribution in [-0.4, -0.2) is 30.1 Å². The minimum absolute atomic E-state index is 0.431. The Morgan fingerprint density at radius 2 is 2.05 bits per heavy atom. The lowest BCUT2D eigenvalue weighted by molar-refractivity contribution is 0.0730. The Labute approximate surface area is 123 Å². The maximum atomic E-state index is 5.73. The van der Waals surface area contributed by atoms with Crippen LogP contribution >= 0.6 is 0 Å². The summed E-state index contributed by atoms with van der Waals surface area (Å²) in [6.45, 7) is 15.6. The number of nitrogens with one attached hydrogen (secondary N) is 1. The van der Waals surface area contributed by atoms with Crippen LogP contribution in [-0.2, 0) is 0 Å². The van der Waals surface area contributed by atoms with Crippen molar-refractivity contribution in [2.75, 3.05) is 13.1 Å². The monoisotopic (exact) mass is 278 g/mol. The second-order valence-corrected chi connectivity index (χ2v) is 6.56. The molecule has 2 heterocycles. The fourth-order valence-corrected chi connectivity index (χ4v) is 3.39. The van der Waals surface area contributed by atoms with E-state index in [0.717, 1.165) is 24.6 Å². The Hall–Kier alpha value is -0.800. The van der Waals surface area contributed by atoms with E-state index in [1.807, 2.05) is 6.92 Å². The number of aryl methyl sites for hydroxylation is 2. The summed E-state index contributed by atoms with van der Waals surface area (Å²) in [7, 11) is 0. The van der Waals surface area contributed by atoms with Gasteiger partial charge in [-0.1, -0.05) is 20.8 Å². The summed E-state index contributed by atoms with van der Waals surface area (Å²) in [6.07, 6.45) is 1.19. The second kappa shape index (κ2) is 6.31. The van der Waals surface area contributed by atoms with Crippen LogP contribution in [0.25, 0.3) is 0 Å². The zero-order valence-electron chi connectivity index (χ0n) is 13.9. The largest absolute Gasteiger partial charge is 0.466 e. The molecule has 0 bridgehead atoms. The van der Waals surface area contributed by atoms with Crippen molar-refractivity contribution in [2.45, 2.75) is 66.1 Å². The average Bonchev–Trinajstić information content (AvgIpc) is 2.76. The van der Waals surface area contributed by atoms with Gasteiger partial charge in [0.15, 0.2) is 0 Å². The van der Waals surface area contributed by atoms with E-state index >= 15 is 0 Å². The Balaban J connectivity index is 2.19. The number of furan rings is 1. The fourth-order valence-electron chi connectivity index (χ4n) is 3.39. The molecule has 1 aromatic heterocycles. The predicted molar refractivity (Wildman–Crippen MR) is 84.0 cm³/mol. The van der Waals surface area contributed by atoms with E-state index in [-0.39, 0.29) is 0 Å². The molecule has 0 aliphatic carbocycles. The third-order valence-corrected chi connectivity index (χ3v) is 4.80. The average molecular weight is 278 g/mol. The first-order chi connectivity index (χ1) is 9.43. The molecule has 1 saturated heterocycles. The molecular weight excluding hydrogens is 248 g/mol. The Morgan fingerprint density at radius 1 is 1.35 bits per heavy atom. The molecule has 0 radical (unpaired) electrons. The van der Waals surface area contributed by atoms with Gasteiger partial charge in [0, 0.05) is 36.8 Å². The number of rotatable bonds is 4. The van der Waals surface area contributed by atoms with E-state index in [9.17, 15) is 0 Å². The molecule has 1 aliphatic rings. The van der Waals surface area contributed by atoms with Crippen molar-refractivity contribution in [2.24, 2.45) is 5.92 Å².